The Hall–Kier alpha value is -1.10. The SMILES string of the molecule is NC1(C(=O)O)CC2(CC2)C2C(C(=O)O)C21. The summed E-state index contributed by atoms with van der Waals surface area (Å²) in [5.41, 5.74) is 4.54. The van der Waals surface area contributed by atoms with Crippen LogP contribution in [0.25, 0.3) is 0 Å². The van der Waals surface area contributed by atoms with Gasteiger partial charge in [0.25, 0.3) is 0 Å². The average Bonchev–Trinajstić information content (AvgIpc) is 2.91. The summed E-state index contributed by atoms with van der Waals surface area (Å²) in [6, 6.07) is 0. The highest BCUT2D eigenvalue weighted by molar-refractivity contribution is 5.86. The molecule has 0 aliphatic heterocycles. The van der Waals surface area contributed by atoms with Crippen molar-refractivity contribution in [1.29, 1.82) is 0 Å². The third kappa shape index (κ3) is 0.873. The second-order valence-corrected chi connectivity index (χ2v) is 5.30. The molecule has 0 bridgehead atoms. The van der Waals surface area contributed by atoms with Crippen molar-refractivity contribution in [3.63, 3.8) is 0 Å². The van der Waals surface area contributed by atoms with Crippen molar-refractivity contribution in [2.24, 2.45) is 28.9 Å². The van der Waals surface area contributed by atoms with Crippen LogP contribution < -0.4 is 5.73 Å². The number of rotatable bonds is 2. The molecule has 82 valence electrons. The van der Waals surface area contributed by atoms with Crippen LogP contribution in [0.4, 0.5) is 0 Å². The summed E-state index contributed by atoms with van der Waals surface area (Å²) in [5.74, 6) is -2.74. The van der Waals surface area contributed by atoms with E-state index in [9.17, 15) is 9.59 Å². The van der Waals surface area contributed by atoms with Crippen LogP contribution in [0, 0.1) is 23.2 Å². The van der Waals surface area contributed by atoms with Crippen molar-refractivity contribution in [3.8, 4) is 0 Å². The second-order valence-electron chi connectivity index (χ2n) is 5.30. The van der Waals surface area contributed by atoms with Gasteiger partial charge in [0.15, 0.2) is 0 Å². The lowest BCUT2D eigenvalue weighted by Gasteiger charge is -2.24. The van der Waals surface area contributed by atoms with Crippen LogP contribution >= 0.6 is 0 Å². The highest BCUT2D eigenvalue weighted by atomic mass is 16.4. The molecule has 3 saturated carbocycles. The summed E-state index contributed by atoms with van der Waals surface area (Å²) in [4.78, 5) is 22.1. The summed E-state index contributed by atoms with van der Waals surface area (Å²) in [6.45, 7) is 0. The minimum atomic E-state index is -1.29. The summed E-state index contributed by atoms with van der Waals surface area (Å²) in [5, 5.41) is 18.1. The summed E-state index contributed by atoms with van der Waals surface area (Å²) in [7, 11) is 0. The van der Waals surface area contributed by atoms with Gasteiger partial charge in [-0.05, 0) is 30.6 Å². The molecule has 0 amide bonds. The number of aliphatic carboxylic acids is 2. The molecule has 0 heterocycles. The van der Waals surface area contributed by atoms with Crippen molar-refractivity contribution in [1.82, 2.24) is 0 Å². The normalized spacial score (nSPS) is 48.7. The smallest absolute Gasteiger partial charge is 0.324 e. The molecule has 5 heteroatoms. The number of hydrogen-bond acceptors (Lipinski definition) is 3. The van der Waals surface area contributed by atoms with Crippen LogP contribution in [0.2, 0.25) is 0 Å². The van der Waals surface area contributed by atoms with E-state index in [1.54, 1.807) is 0 Å². The molecular formula is C10H13NO4. The van der Waals surface area contributed by atoms with E-state index in [0.717, 1.165) is 12.8 Å². The topological polar surface area (TPSA) is 101 Å². The Bertz CT molecular complexity index is 376. The van der Waals surface area contributed by atoms with Gasteiger partial charge in [-0.2, -0.15) is 0 Å². The summed E-state index contributed by atoms with van der Waals surface area (Å²) in [6.07, 6.45) is 2.36. The van der Waals surface area contributed by atoms with E-state index in [1.807, 2.05) is 0 Å². The van der Waals surface area contributed by atoms with E-state index in [4.69, 9.17) is 15.9 Å². The third-order valence-electron chi connectivity index (χ3n) is 4.54. The summed E-state index contributed by atoms with van der Waals surface area (Å²) >= 11 is 0. The van der Waals surface area contributed by atoms with Gasteiger partial charge in [0, 0.05) is 5.92 Å². The molecule has 0 radical (unpaired) electrons. The molecule has 0 saturated heterocycles. The molecule has 4 N–H and O–H groups in total. The highest BCUT2D eigenvalue weighted by Crippen LogP contribution is 2.78. The Morgan fingerprint density at radius 1 is 1.20 bits per heavy atom. The first-order chi connectivity index (χ1) is 6.92. The molecule has 3 aliphatic rings. The fraction of sp³-hybridized carbons (Fsp3) is 0.800. The first-order valence-electron chi connectivity index (χ1n) is 5.17. The first kappa shape index (κ1) is 9.15. The highest BCUT2D eigenvalue weighted by Gasteiger charge is 2.81. The number of nitrogens with two attached hydrogens (primary N) is 1. The summed E-state index contributed by atoms with van der Waals surface area (Å²) < 4.78 is 0. The van der Waals surface area contributed by atoms with Gasteiger partial charge < -0.3 is 15.9 Å². The molecule has 0 aromatic rings. The van der Waals surface area contributed by atoms with Gasteiger partial charge in [0.05, 0.1) is 5.92 Å². The lowest BCUT2D eigenvalue weighted by molar-refractivity contribution is -0.145. The van der Waals surface area contributed by atoms with E-state index >= 15 is 0 Å². The van der Waals surface area contributed by atoms with E-state index in [0.29, 0.717) is 6.42 Å². The maximum Gasteiger partial charge on any atom is 0.324 e. The number of hydrogen-bond donors (Lipinski definition) is 3. The maximum atomic E-state index is 11.1. The van der Waals surface area contributed by atoms with Gasteiger partial charge in [0.1, 0.15) is 5.54 Å². The van der Waals surface area contributed by atoms with E-state index in [1.165, 1.54) is 0 Å². The van der Waals surface area contributed by atoms with Gasteiger partial charge in [-0.3, -0.25) is 9.59 Å². The Balaban J connectivity index is 1.97. The van der Waals surface area contributed by atoms with E-state index in [-0.39, 0.29) is 17.3 Å². The zero-order valence-corrected chi connectivity index (χ0v) is 8.14. The Kier molecular flexibility index (Phi) is 1.33. The monoisotopic (exact) mass is 211 g/mol. The standard InChI is InChI=1S/C10H13NO4/c11-10(8(14)15)3-9(1-2-9)5-4(6(5)10)7(12)13/h4-6H,1-3,11H2,(H,12,13)(H,14,15). The van der Waals surface area contributed by atoms with Crippen LogP contribution in [0.3, 0.4) is 0 Å². The number of carbonyl (C=O) groups is 2. The van der Waals surface area contributed by atoms with Gasteiger partial charge in [-0.1, -0.05) is 0 Å². The predicted molar refractivity (Wildman–Crippen MR) is 48.9 cm³/mol. The molecule has 0 aromatic heterocycles. The van der Waals surface area contributed by atoms with E-state index < -0.39 is 23.4 Å². The molecule has 4 atom stereocenters. The average molecular weight is 211 g/mol. The first-order valence-corrected chi connectivity index (χ1v) is 5.17. The second kappa shape index (κ2) is 2.19. The van der Waals surface area contributed by atoms with Gasteiger partial charge in [0.2, 0.25) is 0 Å². The fourth-order valence-electron chi connectivity index (χ4n) is 3.73. The molecule has 5 nitrogen and oxygen atoms in total. The zero-order valence-electron chi connectivity index (χ0n) is 8.14. The minimum Gasteiger partial charge on any atom is -0.481 e. The van der Waals surface area contributed by atoms with Gasteiger partial charge in [-0.25, -0.2) is 0 Å². The van der Waals surface area contributed by atoms with E-state index in [2.05, 4.69) is 0 Å². The molecule has 4 unspecified atom stereocenters. The quantitative estimate of drug-likeness (QED) is 0.592. The molecule has 0 aromatic carbocycles. The van der Waals surface area contributed by atoms with Crippen LogP contribution in [0.15, 0.2) is 0 Å². The lowest BCUT2D eigenvalue weighted by atomic mass is 9.86. The number of carboxylic acids is 2. The number of fused-ring (bicyclic) bond motifs is 2. The minimum absolute atomic E-state index is 0.0242. The van der Waals surface area contributed by atoms with Crippen LogP contribution in [0.5, 0.6) is 0 Å². The van der Waals surface area contributed by atoms with Crippen LogP contribution in [0.1, 0.15) is 19.3 Å². The van der Waals surface area contributed by atoms with Crippen molar-refractivity contribution in [3.05, 3.63) is 0 Å². The Labute approximate surface area is 86.3 Å². The van der Waals surface area contributed by atoms with Crippen molar-refractivity contribution < 1.29 is 19.8 Å². The Morgan fingerprint density at radius 3 is 2.20 bits per heavy atom. The van der Waals surface area contributed by atoms with Gasteiger partial charge in [-0.15, -0.1) is 0 Å². The molecule has 3 aliphatic carbocycles. The van der Waals surface area contributed by atoms with Crippen LogP contribution in [-0.2, 0) is 9.59 Å². The van der Waals surface area contributed by atoms with Crippen LogP contribution in [-0.4, -0.2) is 27.7 Å². The van der Waals surface area contributed by atoms with Gasteiger partial charge >= 0.3 is 11.9 Å². The fourth-order valence-corrected chi connectivity index (χ4v) is 3.73. The largest absolute Gasteiger partial charge is 0.481 e. The van der Waals surface area contributed by atoms with Crippen molar-refractivity contribution in [2.45, 2.75) is 24.8 Å². The molecule has 15 heavy (non-hydrogen) atoms. The Morgan fingerprint density at radius 2 is 1.80 bits per heavy atom. The molecular weight excluding hydrogens is 198 g/mol. The van der Waals surface area contributed by atoms with Crippen molar-refractivity contribution in [2.75, 3.05) is 0 Å². The molecule has 1 spiro atoms. The van der Waals surface area contributed by atoms with Crippen molar-refractivity contribution >= 4 is 11.9 Å². The lowest BCUT2D eigenvalue weighted by Crippen LogP contribution is -2.50. The third-order valence-corrected chi connectivity index (χ3v) is 4.54. The predicted octanol–water partition coefficient (Wildman–Crippen LogP) is -0.101. The molecule has 3 fully saturated rings. The molecule has 3 rings (SSSR count). The number of carboxylic acid groups (broad SMARTS) is 2. The maximum absolute atomic E-state index is 11.1. The zero-order chi connectivity index (χ0) is 11.0.